The Kier molecular flexibility index (Phi) is 5.10. The van der Waals surface area contributed by atoms with E-state index in [4.69, 9.17) is 10.8 Å². The lowest BCUT2D eigenvalue weighted by molar-refractivity contribution is -0.145. The van der Waals surface area contributed by atoms with Crippen molar-refractivity contribution in [3.05, 3.63) is 42.0 Å². The van der Waals surface area contributed by atoms with Gasteiger partial charge in [0.2, 0.25) is 0 Å². The summed E-state index contributed by atoms with van der Waals surface area (Å²) in [5.41, 5.74) is 6.13. The number of ketones is 1. The lowest BCUT2D eigenvalue weighted by atomic mass is 9.99. The third-order valence-corrected chi connectivity index (χ3v) is 2.34. The molecule has 0 aliphatic rings. The Hall–Kier alpha value is -1.94. The van der Waals surface area contributed by atoms with E-state index in [0.29, 0.717) is 0 Å². The van der Waals surface area contributed by atoms with E-state index in [0.717, 1.165) is 5.56 Å². The third kappa shape index (κ3) is 4.20. The van der Waals surface area contributed by atoms with Gasteiger partial charge < -0.3 is 10.8 Å². The maximum absolute atomic E-state index is 11.6. The highest BCUT2D eigenvalue weighted by molar-refractivity contribution is 6.06. The highest BCUT2D eigenvalue weighted by atomic mass is 16.4. The number of hydrogen-bond donors (Lipinski definition) is 2. The average Bonchev–Trinajstić information content (AvgIpc) is 2.34. The van der Waals surface area contributed by atoms with Crippen LogP contribution in [0.25, 0.3) is 6.08 Å². The number of nitrogens with two attached hydrogens (primary N) is 1. The summed E-state index contributed by atoms with van der Waals surface area (Å²) >= 11 is 0. The molecule has 0 bridgehead atoms. The van der Waals surface area contributed by atoms with Crippen molar-refractivity contribution in [1.29, 1.82) is 0 Å². The zero-order valence-corrected chi connectivity index (χ0v) is 9.37. The van der Waals surface area contributed by atoms with Crippen molar-refractivity contribution in [2.45, 2.75) is 6.42 Å². The van der Waals surface area contributed by atoms with Crippen LogP contribution in [0.4, 0.5) is 0 Å². The number of carbonyl (C=O) groups is 2. The second-order valence-electron chi connectivity index (χ2n) is 3.61. The Balaban J connectivity index is 2.70. The molecule has 90 valence electrons. The van der Waals surface area contributed by atoms with E-state index in [-0.39, 0.29) is 13.0 Å². The number of hydrogen-bond acceptors (Lipinski definition) is 3. The molecule has 0 aliphatic heterocycles. The molecule has 3 N–H and O–H groups in total. The Morgan fingerprint density at radius 3 is 2.47 bits per heavy atom. The van der Waals surface area contributed by atoms with E-state index < -0.39 is 17.7 Å². The van der Waals surface area contributed by atoms with E-state index in [1.54, 1.807) is 6.08 Å². The molecule has 4 nitrogen and oxygen atoms in total. The Morgan fingerprint density at radius 1 is 1.29 bits per heavy atom. The fraction of sp³-hybridized carbons (Fsp3) is 0.231. The number of allylic oxidation sites excluding steroid dienone is 1. The second kappa shape index (κ2) is 6.60. The molecule has 4 heteroatoms. The van der Waals surface area contributed by atoms with Crippen LogP contribution in [0.15, 0.2) is 36.4 Å². The summed E-state index contributed by atoms with van der Waals surface area (Å²) < 4.78 is 0. The summed E-state index contributed by atoms with van der Waals surface area (Å²) in [5.74, 6) is -2.59. The van der Waals surface area contributed by atoms with Crippen molar-refractivity contribution in [2.75, 3.05) is 6.54 Å². The van der Waals surface area contributed by atoms with Crippen LogP contribution in [0.5, 0.6) is 0 Å². The first-order chi connectivity index (χ1) is 8.15. The minimum Gasteiger partial charge on any atom is -0.481 e. The van der Waals surface area contributed by atoms with Crippen molar-refractivity contribution < 1.29 is 14.7 Å². The zero-order chi connectivity index (χ0) is 12.7. The Morgan fingerprint density at radius 2 is 1.94 bits per heavy atom. The fourth-order valence-corrected chi connectivity index (χ4v) is 1.41. The van der Waals surface area contributed by atoms with Crippen molar-refractivity contribution >= 4 is 17.8 Å². The van der Waals surface area contributed by atoms with Gasteiger partial charge in [-0.2, -0.15) is 0 Å². The molecule has 0 amide bonds. The Labute approximate surface area is 99.8 Å². The number of benzene rings is 1. The SMILES string of the molecule is NCCC(C(=O)O)C(=O)C=Cc1ccccc1. The minimum atomic E-state index is -1.13. The highest BCUT2D eigenvalue weighted by Gasteiger charge is 2.22. The van der Waals surface area contributed by atoms with Gasteiger partial charge >= 0.3 is 5.97 Å². The summed E-state index contributed by atoms with van der Waals surface area (Å²) in [6.07, 6.45) is 3.06. The van der Waals surface area contributed by atoms with E-state index >= 15 is 0 Å². The largest absolute Gasteiger partial charge is 0.481 e. The number of carboxylic acid groups (broad SMARTS) is 1. The average molecular weight is 233 g/mol. The molecule has 0 saturated heterocycles. The van der Waals surface area contributed by atoms with Crippen LogP contribution >= 0.6 is 0 Å². The van der Waals surface area contributed by atoms with Crippen molar-refractivity contribution in [2.24, 2.45) is 11.7 Å². The van der Waals surface area contributed by atoms with Gasteiger partial charge in [0.1, 0.15) is 5.92 Å². The summed E-state index contributed by atoms with van der Waals surface area (Å²) in [4.78, 5) is 22.5. The van der Waals surface area contributed by atoms with E-state index in [9.17, 15) is 9.59 Å². The molecule has 0 aromatic heterocycles. The monoisotopic (exact) mass is 233 g/mol. The van der Waals surface area contributed by atoms with E-state index in [1.807, 2.05) is 30.3 Å². The van der Waals surface area contributed by atoms with E-state index in [2.05, 4.69) is 0 Å². The molecule has 1 unspecified atom stereocenters. The second-order valence-corrected chi connectivity index (χ2v) is 3.61. The molecule has 0 fully saturated rings. The quantitative estimate of drug-likeness (QED) is 0.573. The summed E-state index contributed by atoms with van der Waals surface area (Å²) in [5, 5.41) is 8.86. The van der Waals surface area contributed by atoms with Crippen molar-refractivity contribution in [3.63, 3.8) is 0 Å². The number of carbonyl (C=O) groups excluding carboxylic acids is 1. The van der Waals surface area contributed by atoms with Gasteiger partial charge in [0.05, 0.1) is 0 Å². The highest BCUT2D eigenvalue weighted by Crippen LogP contribution is 2.08. The summed E-state index contributed by atoms with van der Waals surface area (Å²) in [6.45, 7) is 0.182. The first-order valence-corrected chi connectivity index (χ1v) is 5.35. The molecule has 0 heterocycles. The molecular formula is C13H15NO3. The summed E-state index contributed by atoms with van der Waals surface area (Å²) in [6, 6.07) is 9.23. The molecule has 0 aliphatic carbocycles. The molecule has 0 radical (unpaired) electrons. The lowest BCUT2D eigenvalue weighted by Gasteiger charge is -2.06. The van der Waals surface area contributed by atoms with Gasteiger partial charge in [0, 0.05) is 0 Å². The molecule has 17 heavy (non-hydrogen) atoms. The normalized spacial score (nSPS) is 12.5. The van der Waals surface area contributed by atoms with Gasteiger partial charge in [0.15, 0.2) is 5.78 Å². The third-order valence-electron chi connectivity index (χ3n) is 2.34. The van der Waals surface area contributed by atoms with E-state index in [1.165, 1.54) is 6.08 Å². The van der Waals surface area contributed by atoms with Crippen molar-refractivity contribution in [1.82, 2.24) is 0 Å². The predicted octanol–water partition coefficient (Wildman–Crippen LogP) is 1.32. The van der Waals surface area contributed by atoms with Crippen LogP contribution in [-0.2, 0) is 9.59 Å². The molecular weight excluding hydrogens is 218 g/mol. The van der Waals surface area contributed by atoms with Gasteiger partial charge in [-0.3, -0.25) is 9.59 Å². The molecule has 0 saturated carbocycles. The topological polar surface area (TPSA) is 80.4 Å². The zero-order valence-electron chi connectivity index (χ0n) is 9.37. The van der Waals surface area contributed by atoms with Gasteiger partial charge in [-0.1, -0.05) is 36.4 Å². The molecule has 0 spiro atoms. The van der Waals surface area contributed by atoms with Crippen LogP contribution in [0.2, 0.25) is 0 Å². The van der Waals surface area contributed by atoms with Crippen LogP contribution in [-0.4, -0.2) is 23.4 Å². The Bertz CT molecular complexity index is 412. The minimum absolute atomic E-state index is 0.160. The maximum atomic E-state index is 11.6. The lowest BCUT2D eigenvalue weighted by Crippen LogP contribution is -2.25. The van der Waals surface area contributed by atoms with Gasteiger partial charge in [-0.15, -0.1) is 0 Å². The number of rotatable bonds is 6. The van der Waals surface area contributed by atoms with Gasteiger partial charge in [0.25, 0.3) is 0 Å². The molecule has 1 aromatic carbocycles. The smallest absolute Gasteiger partial charge is 0.314 e. The van der Waals surface area contributed by atoms with Gasteiger partial charge in [-0.05, 0) is 24.6 Å². The van der Waals surface area contributed by atoms with Crippen molar-refractivity contribution in [3.8, 4) is 0 Å². The van der Waals surface area contributed by atoms with Crippen LogP contribution in [0.3, 0.4) is 0 Å². The molecule has 1 atom stereocenters. The predicted molar refractivity (Wildman–Crippen MR) is 65.3 cm³/mol. The standard InChI is InChI=1S/C13H15NO3/c14-9-8-11(13(16)17)12(15)7-6-10-4-2-1-3-5-10/h1-7,11H,8-9,14H2,(H,16,17). The number of aliphatic carboxylic acids is 1. The van der Waals surface area contributed by atoms with Crippen LogP contribution < -0.4 is 5.73 Å². The van der Waals surface area contributed by atoms with Crippen LogP contribution in [0, 0.1) is 5.92 Å². The number of carboxylic acids is 1. The molecule has 1 rings (SSSR count). The first-order valence-electron chi connectivity index (χ1n) is 5.35. The van der Waals surface area contributed by atoms with Crippen LogP contribution in [0.1, 0.15) is 12.0 Å². The maximum Gasteiger partial charge on any atom is 0.314 e. The van der Waals surface area contributed by atoms with Gasteiger partial charge in [-0.25, -0.2) is 0 Å². The summed E-state index contributed by atoms with van der Waals surface area (Å²) in [7, 11) is 0. The first kappa shape index (κ1) is 13.1. The molecule has 1 aromatic rings. The fourth-order valence-electron chi connectivity index (χ4n) is 1.41.